The van der Waals surface area contributed by atoms with Crippen LogP contribution in [0.2, 0.25) is 0 Å². The average molecular weight is 479 g/mol. The first-order valence-corrected chi connectivity index (χ1v) is 11.9. The highest BCUT2D eigenvalue weighted by atomic mass is 16.5. The predicted molar refractivity (Wildman–Crippen MR) is 130 cm³/mol. The summed E-state index contributed by atoms with van der Waals surface area (Å²) in [5.41, 5.74) is 5.32. The summed E-state index contributed by atoms with van der Waals surface area (Å²) in [6, 6.07) is 5.82. The Bertz CT molecular complexity index is 1220. The van der Waals surface area contributed by atoms with Crippen LogP contribution in [0, 0.1) is 6.92 Å². The Morgan fingerprint density at radius 1 is 1.34 bits per heavy atom. The van der Waals surface area contributed by atoms with E-state index in [0.29, 0.717) is 31.2 Å². The van der Waals surface area contributed by atoms with E-state index in [2.05, 4.69) is 10.3 Å². The van der Waals surface area contributed by atoms with Gasteiger partial charge in [-0.2, -0.15) is 0 Å². The van der Waals surface area contributed by atoms with Crippen molar-refractivity contribution in [1.29, 1.82) is 0 Å². The number of nitrogens with zero attached hydrogens (tertiary/aromatic N) is 5. The van der Waals surface area contributed by atoms with E-state index < -0.39 is 6.09 Å². The molecule has 0 aliphatic carbocycles. The van der Waals surface area contributed by atoms with Gasteiger partial charge in [0.15, 0.2) is 0 Å². The predicted octanol–water partition coefficient (Wildman–Crippen LogP) is 3.87. The molecule has 184 valence electrons. The molecule has 10 heteroatoms. The van der Waals surface area contributed by atoms with Gasteiger partial charge >= 0.3 is 6.09 Å². The summed E-state index contributed by atoms with van der Waals surface area (Å²) in [5, 5.41) is 12.8. The lowest BCUT2D eigenvalue weighted by atomic mass is 10.00. The number of carboxylic acid groups (broad SMARTS) is 1. The van der Waals surface area contributed by atoms with E-state index in [1.807, 2.05) is 35.9 Å². The molecule has 2 aromatic heterocycles. The molecule has 4 heterocycles. The third kappa shape index (κ3) is 5.07. The lowest BCUT2D eigenvalue weighted by molar-refractivity contribution is 0.104. The molecule has 0 spiro atoms. The molecule has 1 fully saturated rings. The molecule has 1 amide bonds. The van der Waals surface area contributed by atoms with Crippen molar-refractivity contribution in [2.45, 2.75) is 51.7 Å². The molecule has 1 aromatic carbocycles. The molecule has 10 nitrogen and oxygen atoms in total. The Labute approximate surface area is 203 Å². The topological polar surface area (TPSA) is 115 Å². The third-order valence-electron chi connectivity index (χ3n) is 6.57. The van der Waals surface area contributed by atoms with E-state index in [1.54, 1.807) is 13.4 Å². The van der Waals surface area contributed by atoms with Gasteiger partial charge in [-0.05, 0) is 44.7 Å². The highest BCUT2D eigenvalue weighted by Gasteiger charge is 2.26. The summed E-state index contributed by atoms with van der Waals surface area (Å²) in [4.78, 5) is 26.9. The molecule has 2 aliphatic rings. The number of imidazole rings is 1. The van der Waals surface area contributed by atoms with Gasteiger partial charge < -0.3 is 29.4 Å². The minimum absolute atomic E-state index is 0.236. The van der Waals surface area contributed by atoms with E-state index >= 15 is 0 Å². The van der Waals surface area contributed by atoms with Crippen LogP contribution >= 0.6 is 0 Å². The first-order chi connectivity index (χ1) is 17.0. The van der Waals surface area contributed by atoms with Gasteiger partial charge in [0.1, 0.15) is 5.75 Å². The zero-order valence-corrected chi connectivity index (χ0v) is 20.0. The standard InChI is InChI=1S/C25H30N6O4/c1-16-13-31(15-26-16)22-8-5-17(12-23(22)34-2)27-24-28-20(7-6-18-4-3-11-35-18)19-14-30(25(32)33)10-9-21(19)29-24/h5,8,12-13,15,18H,3-4,6-7,9-11,14H2,1-2H3,(H,32,33)(H,27,28,29). The fourth-order valence-corrected chi connectivity index (χ4v) is 4.73. The monoisotopic (exact) mass is 478 g/mol. The Hall–Kier alpha value is -3.66. The molecule has 0 bridgehead atoms. The molecule has 0 saturated carbocycles. The summed E-state index contributed by atoms with van der Waals surface area (Å²) in [6.07, 6.45) is 7.32. The Morgan fingerprint density at radius 2 is 2.23 bits per heavy atom. The smallest absolute Gasteiger partial charge is 0.407 e. The van der Waals surface area contributed by atoms with Gasteiger partial charge in [0.05, 0.1) is 48.9 Å². The van der Waals surface area contributed by atoms with Gasteiger partial charge in [0, 0.05) is 43.1 Å². The van der Waals surface area contributed by atoms with E-state index in [9.17, 15) is 9.90 Å². The number of ether oxygens (including phenoxy) is 2. The second kappa shape index (κ2) is 9.91. The Kier molecular flexibility index (Phi) is 6.54. The number of fused-ring (bicyclic) bond motifs is 1. The number of hydrogen-bond acceptors (Lipinski definition) is 7. The maximum atomic E-state index is 11.6. The van der Waals surface area contributed by atoms with Crippen LogP contribution in [0.25, 0.3) is 5.69 Å². The van der Waals surface area contributed by atoms with Crippen LogP contribution in [0.15, 0.2) is 30.7 Å². The van der Waals surface area contributed by atoms with Crippen LogP contribution in [0.5, 0.6) is 5.75 Å². The number of amides is 1. The molecule has 1 unspecified atom stereocenters. The van der Waals surface area contributed by atoms with Gasteiger partial charge in [-0.3, -0.25) is 0 Å². The lowest BCUT2D eigenvalue weighted by Gasteiger charge is -2.28. The van der Waals surface area contributed by atoms with Gasteiger partial charge in [0.2, 0.25) is 5.95 Å². The number of benzene rings is 1. The number of anilines is 2. The summed E-state index contributed by atoms with van der Waals surface area (Å²) < 4.78 is 13.3. The Morgan fingerprint density at radius 3 is 2.94 bits per heavy atom. The highest BCUT2D eigenvalue weighted by molar-refractivity contribution is 5.66. The van der Waals surface area contributed by atoms with E-state index in [4.69, 9.17) is 19.4 Å². The van der Waals surface area contributed by atoms with Crippen molar-refractivity contribution in [3.63, 3.8) is 0 Å². The Balaban J connectivity index is 1.42. The van der Waals surface area contributed by atoms with E-state index in [1.165, 1.54) is 4.90 Å². The molecule has 35 heavy (non-hydrogen) atoms. The molecule has 3 aromatic rings. The molecule has 1 saturated heterocycles. The SMILES string of the molecule is COc1cc(Nc2nc(CCC3CCCO3)c3c(n2)CCN(C(=O)O)C3)ccc1-n1cnc(C)c1. The average Bonchev–Trinajstić information content (AvgIpc) is 3.54. The fraction of sp³-hybridized carbons (Fsp3) is 0.440. The molecule has 1 atom stereocenters. The quantitative estimate of drug-likeness (QED) is 0.526. The fourth-order valence-electron chi connectivity index (χ4n) is 4.73. The zero-order chi connectivity index (χ0) is 24.4. The van der Waals surface area contributed by atoms with Crippen LogP contribution in [0.4, 0.5) is 16.4 Å². The number of rotatable bonds is 7. The van der Waals surface area contributed by atoms with Crippen molar-refractivity contribution in [2.24, 2.45) is 0 Å². The number of hydrogen-bond donors (Lipinski definition) is 2. The molecule has 5 rings (SSSR count). The summed E-state index contributed by atoms with van der Waals surface area (Å²) >= 11 is 0. The van der Waals surface area contributed by atoms with E-state index in [0.717, 1.165) is 66.3 Å². The molecular formula is C25H30N6O4. The van der Waals surface area contributed by atoms with Crippen molar-refractivity contribution in [3.05, 3.63) is 53.4 Å². The maximum absolute atomic E-state index is 11.6. The van der Waals surface area contributed by atoms with Crippen LogP contribution in [0.3, 0.4) is 0 Å². The zero-order valence-electron chi connectivity index (χ0n) is 20.0. The van der Waals surface area contributed by atoms with Crippen molar-refractivity contribution in [1.82, 2.24) is 24.4 Å². The second-order valence-electron chi connectivity index (χ2n) is 8.98. The largest absolute Gasteiger partial charge is 0.494 e. The lowest BCUT2D eigenvalue weighted by Crippen LogP contribution is -2.36. The normalized spacial score (nSPS) is 17.3. The van der Waals surface area contributed by atoms with Gasteiger partial charge in [0.25, 0.3) is 0 Å². The van der Waals surface area contributed by atoms with Crippen molar-refractivity contribution >= 4 is 17.7 Å². The van der Waals surface area contributed by atoms with Crippen molar-refractivity contribution in [3.8, 4) is 11.4 Å². The molecule has 2 aliphatic heterocycles. The van der Waals surface area contributed by atoms with Gasteiger partial charge in [-0.15, -0.1) is 0 Å². The molecule has 2 N–H and O–H groups in total. The van der Waals surface area contributed by atoms with Crippen LogP contribution in [-0.2, 0) is 24.1 Å². The minimum atomic E-state index is -0.914. The van der Waals surface area contributed by atoms with Gasteiger partial charge in [-0.1, -0.05) is 0 Å². The van der Waals surface area contributed by atoms with E-state index in [-0.39, 0.29) is 6.10 Å². The number of carbonyl (C=O) groups is 1. The third-order valence-corrected chi connectivity index (χ3v) is 6.57. The van der Waals surface area contributed by atoms with Crippen molar-refractivity contribution in [2.75, 3.05) is 25.6 Å². The van der Waals surface area contributed by atoms with Crippen LogP contribution in [0.1, 0.15) is 41.9 Å². The summed E-state index contributed by atoms with van der Waals surface area (Å²) in [5.74, 6) is 1.20. The van der Waals surface area contributed by atoms with Gasteiger partial charge in [-0.25, -0.2) is 19.7 Å². The molecule has 0 radical (unpaired) electrons. The van der Waals surface area contributed by atoms with Crippen LogP contribution < -0.4 is 10.1 Å². The number of nitrogens with one attached hydrogen (secondary N) is 1. The maximum Gasteiger partial charge on any atom is 0.407 e. The van der Waals surface area contributed by atoms with Crippen LogP contribution in [-0.4, -0.2) is 62.0 Å². The highest BCUT2D eigenvalue weighted by Crippen LogP contribution is 2.30. The number of aryl methyl sites for hydroxylation is 2. The first kappa shape index (κ1) is 23.1. The minimum Gasteiger partial charge on any atom is -0.494 e. The number of aromatic nitrogens is 4. The first-order valence-electron chi connectivity index (χ1n) is 11.9. The summed E-state index contributed by atoms with van der Waals surface area (Å²) in [7, 11) is 1.64. The van der Waals surface area contributed by atoms with Crippen molar-refractivity contribution < 1.29 is 19.4 Å². The summed E-state index contributed by atoms with van der Waals surface area (Å²) in [6.45, 7) is 3.50. The second-order valence-corrected chi connectivity index (χ2v) is 8.98. The number of methoxy groups -OCH3 is 1. The molecular weight excluding hydrogens is 448 g/mol.